The Bertz CT molecular complexity index is 935. The SMILES string of the molecule is CSc1nnc(CCCNC(=O)c2sc3ccccc3c2Cl)n1CC(C)C. The van der Waals surface area contributed by atoms with Crippen LogP contribution in [0.1, 0.15) is 35.8 Å². The van der Waals surface area contributed by atoms with Crippen molar-refractivity contribution in [3.63, 3.8) is 0 Å². The summed E-state index contributed by atoms with van der Waals surface area (Å²) in [4.78, 5) is 13.1. The van der Waals surface area contributed by atoms with Crippen molar-refractivity contribution in [2.45, 2.75) is 38.4 Å². The fraction of sp³-hybridized carbons (Fsp3) is 0.421. The van der Waals surface area contributed by atoms with Crippen LogP contribution >= 0.6 is 34.7 Å². The highest BCUT2D eigenvalue weighted by atomic mass is 35.5. The van der Waals surface area contributed by atoms with Crippen LogP contribution in [0.2, 0.25) is 5.02 Å². The highest BCUT2D eigenvalue weighted by Crippen LogP contribution is 2.34. The van der Waals surface area contributed by atoms with Crippen molar-refractivity contribution in [1.82, 2.24) is 20.1 Å². The van der Waals surface area contributed by atoms with Gasteiger partial charge in [-0.25, -0.2) is 0 Å². The van der Waals surface area contributed by atoms with Crippen LogP contribution in [0.4, 0.5) is 0 Å². The first-order chi connectivity index (χ1) is 13.0. The molecule has 0 aliphatic rings. The van der Waals surface area contributed by atoms with Crippen LogP contribution < -0.4 is 5.32 Å². The van der Waals surface area contributed by atoms with E-state index in [-0.39, 0.29) is 5.91 Å². The van der Waals surface area contributed by atoms with Gasteiger partial charge in [-0.1, -0.05) is 55.4 Å². The maximum Gasteiger partial charge on any atom is 0.262 e. The summed E-state index contributed by atoms with van der Waals surface area (Å²) in [6.45, 7) is 5.85. The van der Waals surface area contributed by atoms with Gasteiger partial charge < -0.3 is 9.88 Å². The first kappa shape index (κ1) is 20.2. The number of thioether (sulfide) groups is 1. The number of aryl methyl sites for hydroxylation is 1. The zero-order valence-corrected chi connectivity index (χ0v) is 18.0. The van der Waals surface area contributed by atoms with E-state index in [4.69, 9.17) is 11.6 Å². The molecule has 27 heavy (non-hydrogen) atoms. The standard InChI is InChI=1S/C19H23ClN4OS2/c1-12(2)11-24-15(22-23-19(24)26-3)9-6-10-21-18(25)17-16(20)13-7-4-5-8-14(13)27-17/h4-5,7-8,12H,6,9-11H2,1-3H3,(H,21,25). The molecule has 2 aromatic heterocycles. The molecule has 0 aliphatic heterocycles. The third-order valence-electron chi connectivity index (χ3n) is 4.13. The van der Waals surface area contributed by atoms with E-state index in [0.29, 0.717) is 22.4 Å². The van der Waals surface area contributed by atoms with Gasteiger partial charge in [-0.15, -0.1) is 21.5 Å². The molecule has 1 amide bonds. The van der Waals surface area contributed by atoms with Gasteiger partial charge in [-0.2, -0.15) is 0 Å². The largest absolute Gasteiger partial charge is 0.351 e. The molecule has 0 fully saturated rings. The van der Waals surface area contributed by atoms with Gasteiger partial charge in [0.2, 0.25) is 0 Å². The Balaban J connectivity index is 1.58. The van der Waals surface area contributed by atoms with Crippen molar-refractivity contribution in [2.75, 3.05) is 12.8 Å². The zero-order chi connectivity index (χ0) is 19.4. The van der Waals surface area contributed by atoms with E-state index in [0.717, 1.165) is 40.5 Å². The highest BCUT2D eigenvalue weighted by Gasteiger charge is 2.17. The Morgan fingerprint density at radius 2 is 2.11 bits per heavy atom. The van der Waals surface area contributed by atoms with Crippen molar-refractivity contribution < 1.29 is 4.79 Å². The zero-order valence-electron chi connectivity index (χ0n) is 15.7. The van der Waals surface area contributed by atoms with E-state index in [1.165, 1.54) is 11.3 Å². The first-order valence-electron chi connectivity index (χ1n) is 8.92. The van der Waals surface area contributed by atoms with E-state index in [2.05, 4.69) is 33.9 Å². The fourth-order valence-corrected chi connectivity index (χ4v) is 4.85. The van der Waals surface area contributed by atoms with Crippen molar-refractivity contribution >= 4 is 50.7 Å². The third-order valence-corrected chi connectivity index (χ3v) is 6.47. The van der Waals surface area contributed by atoms with Gasteiger partial charge in [0.05, 0.1) is 5.02 Å². The Kier molecular flexibility index (Phi) is 6.78. The van der Waals surface area contributed by atoms with Crippen LogP contribution in [0.25, 0.3) is 10.1 Å². The minimum Gasteiger partial charge on any atom is -0.351 e. The quantitative estimate of drug-likeness (QED) is 0.415. The molecule has 0 bridgehead atoms. The molecule has 3 aromatic rings. The van der Waals surface area contributed by atoms with Crippen LogP contribution in [0.3, 0.4) is 0 Å². The van der Waals surface area contributed by atoms with Gasteiger partial charge in [0.25, 0.3) is 5.91 Å². The molecule has 1 N–H and O–H groups in total. The first-order valence-corrected chi connectivity index (χ1v) is 11.3. The molecule has 144 valence electrons. The minimum atomic E-state index is -0.116. The van der Waals surface area contributed by atoms with E-state index in [9.17, 15) is 4.79 Å². The lowest BCUT2D eigenvalue weighted by atomic mass is 10.2. The predicted molar refractivity (Wildman–Crippen MR) is 114 cm³/mol. The number of benzene rings is 1. The molecule has 8 heteroatoms. The van der Waals surface area contributed by atoms with Crippen molar-refractivity contribution in [1.29, 1.82) is 0 Å². The molecule has 0 radical (unpaired) electrons. The van der Waals surface area contributed by atoms with Crippen molar-refractivity contribution in [2.24, 2.45) is 5.92 Å². The van der Waals surface area contributed by atoms with Gasteiger partial charge in [0.15, 0.2) is 5.16 Å². The van der Waals surface area contributed by atoms with Crippen molar-refractivity contribution in [3.05, 3.63) is 40.0 Å². The highest BCUT2D eigenvalue weighted by molar-refractivity contribution is 7.98. The summed E-state index contributed by atoms with van der Waals surface area (Å²) in [6, 6.07) is 7.80. The maximum atomic E-state index is 12.5. The van der Waals surface area contributed by atoms with Crippen LogP contribution in [0.15, 0.2) is 29.4 Å². The number of hydrogen-bond acceptors (Lipinski definition) is 5. The molecule has 0 spiro atoms. The van der Waals surface area contributed by atoms with Crippen LogP contribution in [0, 0.1) is 5.92 Å². The van der Waals surface area contributed by atoms with Crippen LogP contribution in [-0.2, 0) is 13.0 Å². The van der Waals surface area contributed by atoms with Crippen LogP contribution in [-0.4, -0.2) is 33.5 Å². The molecule has 0 unspecified atom stereocenters. The van der Waals surface area contributed by atoms with E-state index >= 15 is 0 Å². The summed E-state index contributed by atoms with van der Waals surface area (Å²) < 4.78 is 3.21. The molecule has 0 atom stereocenters. The number of carbonyl (C=O) groups is 1. The minimum absolute atomic E-state index is 0.116. The van der Waals surface area contributed by atoms with Gasteiger partial charge in [0.1, 0.15) is 10.7 Å². The topological polar surface area (TPSA) is 59.8 Å². The second-order valence-corrected chi connectivity index (χ2v) is 8.91. The average molecular weight is 423 g/mol. The monoisotopic (exact) mass is 422 g/mol. The number of nitrogens with zero attached hydrogens (tertiary/aromatic N) is 3. The number of fused-ring (bicyclic) bond motifs is 1. The maximum absolute atomic E-state index is 12.5. The Labute approximate surface area is 172 Å². The number of carbonyl (C=O) groups excluding carboxylic acids is 1. The normalized spacial score (nSPS) is 11.4. The summed E-state index contributed by atoms with van der Waals surface area (Å²) in [6.07, 6.45) is 3.60. The van der Waals surface area contributed by atoms with Gasteiger partial charge in [0, 0.05) is 29.6 Å². The smallest absolute Gasteiger partial charge is 0.262 e. The third kappa shape index (κ3) is 4.65. The molecule has 1 aromatic carbocycles. The van der Waals surface area contributed by atoms with Gasteiger partial charge in [-0.3, -0.25) is 4.79 Å². The second kappa shape index (κ2) is 9.08. The van der Waals surface area contributed by atoms with Gasteiger partial charge >= 0.3 is 0 Å². The Hall–Kier alpha value is -1.57. The van der Waals surface area contributed by atoms with E-state index in [1.54, 1.807) is 11.8 Å². The lowest BCUT2D eigenvalue weighted by molar-refractivity contribution is 0.0957. The van der Waals surface area contributed by atoms with Gasteiger partial charge in [-0.05, 0) is 24.7 Å². The van der Waals surface area contributed by atoms with Crippen molar-refractivity contribution in [3.8, 4) is 0 Å². The molecule has 0 aliphatic carbocycles. The number of thiophene rings is 1. The number of hydrogen-bond donors (Lipinski definition) is 1. The fourth-order valence-electron chi connectivity index (χ4n) is 2.89. The lowest BCUT2D eigenvalue weighted by Crippen LogP contribution is -2.24. The summed E-state index contributed by atoms with van der Waals surface area (Å²) in [5.74, 6) is 1.39. The molecular weight excluding hydrogens is 400 g/mol. The summed E-state index contributed by atoms with van der Waals surface area (Å²) in [7, 11) is 0. The molecule has 0 saturated carbocycles. The molecule has 2 heterocycles. The number of halogens is 1. The number of rotatable bonds is 8. The molecule has 3 rings (SSSR count). The molecule has 0 saturated heterocycles. The van der Waals surface area contributed by atoms with E-state index < -0.39 is 0 Å². The summed E-state index contributed by atoms with van der Waals surface area (Å²) >= 11 is 9.41. The Morgan fingerprint density at radius 1 is 1.33 bits per heavy atom. The Morgan fingerprint density at radius 3 is 2.81 bits per heavy atom. The lowest BCUT2D eigenvalue weighted by Gasteiger charge is -2.11. The number of nitrogens with one attached hydrogen (secondary N) is 1. The van der Waals surface area contributed by atoms with Crippen LogP contribution in [0.5, 0.6) is 0 Å². The second-order valence-electron chi connectivity index (χ2n) is 6.71. The number of aromatic nitrogens is 3. The predicted octanol–water partition coefficient (Wildman–Crippen LogP) is 4.89. The summed E-state index contributed by atoms with van der Waals surface area (Å²) in [5.41, 5.74) is 0. The summed E-state index contributed by atoms with van der Waals surface area (Å²) in [5, 5.41) is 14.0. The molecule has 5 nitrogen and oxygen atoms in total. The van der Waals surface area contributed by atoms with E-state index in [1.807, 2.05) is 30.5 Å². The molecular formula is C19H23ClN4OS2. The number of amides is 1. The average Bonchev–Trinajstić information content (AvgIpc) is 3.19.